The molecule has 5 rings (SSSR count). The van der Waals surface area contributed by atoms with E-state index in [0.717, 1.165) is 43.2 Å². The van der Waals surface area contributed by atoms with Gasteiger partial charge in [0.05, 0.1) is 13.2 Å². The fourth-order valence-corrected chi connectivity index (χ4v) is 6.59. The number of Topliss-reactive ketones (excluding diaryl/α,β-unsaturated/α-hetero) is 2. The third kappa shape index (κ3) is 4.29. The molecule has 1 aromatic carbocycles. The van der Waals surface area contributed by atoms with Crippen molar-refractivity contribution in [3.05, 3.63) is 70.4 Å². The number of anilines is 1. The number of benzene rings is 1. The van der Waals surface area contributed by atoms with Crippen molar-refractivity contribution < 1.29 is 34.1 Å². The standard InChI is InChI=1S/C30H34N2O7/c1-19(16-28(10-5-2-6-11-28)21-9-12-32-24(31)15-21)20(18-34)17-29-25(35)22-7-3-4-8-23(22)26(36)30(29,39-29)27(37)38-14-13-33/h3-4,7-9,12,15,33-34H,2,5-6,10-11,13-14,16-18H2,1H3,(H2,31,32)/b20-19-/t29-,30-/m0/s1. The molecule has 0 spiro atoms. The molecule has 9 nitrogen and oxygen atoms in total. The molecule has 2 aromatic rings. The highest BCUT2D eigenvalue weighted by molar-refractivity contribution is 6.32. The maximum absolute atomic E-state index is 13.8. The average Bonchev–Trinajstić information content (AvgIpc) is 3.65. The van der Waals surface area contributed by atoms with E-state index in [9.17, 15) is 24.6 Å². The third-order valence-electron chi connectivity index (χ3n) is 8.63. The second kappa shape index (κ2) is 10.3. The van der Waals surface area contributed by atoms with Gasteiger partial charge in [0, 0.05) is 23.7 Å². The van der Waals surface area contributed by atoms with Crippen LogP contribution in [0.2, 0.25) is 0 Å². The predicted molar refractivity (Wildman–Crippen MR) is 142 cm³/mol. The highest BCUT2D eigenvalue weighted by atomic mass is 16.7. The average molecular weight is 535 g/mol. The molecule has 3 aliphatic rings. The summed E-state index contributed by atoms with van der Waals surface area (Å²) in [5.41, 5.74) is 4.63. The number of ketones is 2. The van der Waals surface area contributed by atoms with Gasteiger partial charge in [0.2, 0.25) is 5.78 Å². The number of hydrogen-bond acceptors (Lipinski definition) is 9. The molecule has 39 heavy (non-hydrogen) atoms. The Hall–Kier alpha value is -3.40. The second-order valence-corrected chi connectivity index (χ2v) is 10.9. The van der Waals surface area contributed by atoms with Crippen LogP contribution in [0.1, 0.15) is 78.1 Å². The SMILES string of the molecule is C/C(CC1(c2ccnc(N)c2)CCCCC1)=C(/CO)C[C@@]12O[C@]1(C(=O)OCCO)C(=O)c1ccccc1C2=O. The number of aromatic nitrogens is 1. The fourth-order valence-electron chi connectivity index (χ4n) is 6.59. The summed E-state index contributed by atoms with van der Waals surface area (Å²) in [7, 11) is 0. The minimum Gasteiger partial charge on any atom is -0.461 e. The van der Waals surface area contributed by atoms with Gasteiger partial charge in [-0.15, -0.1) is 0 Å². The molecule has 0 radical (unpaired) electrons. The van der Waals surface area contributed by atoms with E-state index < -0.39 is 35.3 Å². The van der Waals surface area contributed by atoms with E-state index in [1.165, 1.54) is 6.07 Å². The van der Waals surface area contributed by atoms with Gasteiger partial charge in [0.25, 0.3) is 5.60 Å². The molecule has 2 atom stereocenters. The van der Waals surface area contributed by atoms with Crippen molar-refractivity contribution in [2.24, 2.45) is 0 Å². The maximum atomic E-state index is 13.8. The lowest BCUT2D eigenvalue weighted by Gasteiger charge is -2.39. The number of epoxide rings is 1. The topological polar surface area (TPSA) is 152 Å². The van der Waals surface area contributed by atoms with E-state index >= 15 is 0 Å². The number of nitrogen functional groups attached to an aromatic ring is 1. The van der Waals surface area contributed by atoms with Crippen LogP contribution in [0, 0.1) is 0 Å². The summed E-state index contributed by atoms with van der Waals surface area (Å²) in [6.07, 6.45) is 7.33. The Bertz CT molecular complexity index is 1350. The van der Waals surface area contributed by atoms with Crippen LogP contribution < -0.4 is 5.73 Å². The molecule has 4 N–H and O–H groups in total. The van der Waals surface area contributed by atoms with E-state index in [4.69, 9.17) is 15.2 Å². The van der Waals surface area contributed by atoms with Crippen LogP contribution >= 0.6 is 0 Å². The van der Waals surface area contributed by atoms with E-state index in [1.54, 1.807) is 24.4 Å². The molecule has 1 saturated carbocycles. The Morgan fingerprint density at radius 1 is 1.05 bits per heavy atom. The minimum absolute atomic E-state index is 0.0965. The first-order valence-electron chi connectivity index (χ1n) is 13.4. The van der Waals surface area contributed by atoms with Crippen LogP contribution in [-0.4, -0.2) is 63.8 Å². The number of carbonyl (C=O) groups is 3. The number of aliphatic hydroxyl groups is 2. The van der Waals surface area contributed by atoms with Crippen LogP contribution in [0.5, 0.6) is 0 Å². The van der Waals surface area contributed by atoms with Crippen molar-refractivity contribution in [2.45, 2.75) is 68.5 Å². The molecule has 2 heterocycles. The fraction of sp³-hybridized carbons (Fsp3) is 0.467. The van der Waals surface area contributed by atoms with E-state index in [1.807, 2.05) is 19.1 Å². The van der Waals surface area contributed by atoms with Crippen molar-refractivity contribution in [3.8, 4) is 0 Å². The number of fused-ring (bicyclic) bond motifs is 2. The lowest BCUT2D eigenvalue weighted by molar-refractivity contribution is -0.149. The monoisotopic (exact) mass is 534 g/mol. The van der Waals surface area contributed by atoms with Crippen molar-refractivity contribution >= 4 is 23.4 Å². The molecule has 206 valence electrons. The highest BCUT2D eigenvalue weighted by Gasteiger charge is 2.85. The summed E-state index contributed by atoms with van der Waals surface area (Å²) >= 11 is 0. The number of nitrogens with zero attached hydrogens (tertiary/aromatic N) is 1. The van der Waals surface area contributed by atoms with Gasteiger partial charge in [-0.2, -0.15) is 0 Å². The number of ether oxygens (including phenoxy) is 2. The van der Waals surface area contributed by atoms with E-state index in [2.05, 4.69) is 4.98 Å². The molecule has 1 saturated heterocycles. The van der Waals surface area contributed by atoms with Gasteiger partial charge < -0.3 is 25.4 Å². The number of carbonyl (C=O) groups excluding carboxylic acids is 3. The Morgan fingerprint density at radius 2 is 1.74 bits per heavy atom. The number of esters is 1. The summed E-state index contributed by atoms with van der Waals surface area (Å²) in [4.78, 5) is 44.8. The Morgan fingerprint density at radius 3 is 2.38 bits per heavy atom. The summed E-state index contributed by atoms with van der Waals surface area (Å²) in [5.74, 6) is -1.70. The zero-order valence-electron chi connectivity index (χ0n) is 22.1. The Kier molecular flexibility index (Phi) is 7.17. The van der Waals surface area contributed by atoms with Gasteiger partial charge in [0.15, 0.2) is 11.4 Å². The van der Waals surface area contributed by atoms with Crippen molar-refractivity contribution in [3.63, 3.8) is 0 Å². The number of pyridine rings is 1. The number of rotatable bonds is 9. The molecule has 2 aliphatic carbocycles. The first-order valence-corrected chi connectivity index (χ1v) is 13.4. The quantitative estimate of drug-likeness (QED) is 0.191. The summed E-state index contributed by atoms with van der Waals surface area (Å²) in [6.45, 7) is 0.787. The number of hydrogen-bond donors (Lipinski definition) is 3. The normalized spacial score (nSPS) is 25.8. The molecule has 9 heteroatoms. The maximum Gasteiger partial charge on any atom is 0.350 e. The molecule has 0 amide bonds. The Labute approximate surface area is 227 Å². The smallest absolute Gasteiger partial charge is 0.350 e. The molecule has 0 unspecified atom stereocenters. The summed E-state index contributed by atoms with van der Waals surface area (Å²) in [5, 5.41) is 19.7. The van der Waals surface area contributed by atoms with Crippen LogP contribution in [0.4, 0.5) is 5.82 Å². The first-order chi connectivity index (χ1) is 18.7. The van der Waals surface area contributed by atoms with Gasteiger partial charge >= 0.3 is 5.97 Å². The summed E-state index contributed by atoms with van der Waals surface area (Å²) < 4.78 is 11.0. The zero-order chi connectivity index (χ0) is 27.8. The largest absolute Gasteiger partial charge is 0.461 e. The molecule has 2 fully saturated rings. The molecular weight excluding hydrogens is 500 g/mol. The van der Waals surface area contributed by atoms with Gasteiger partial charge in [-0.1, -0.05) is 49.1 Å². The molecule has 1 aliphatic heterocycles. The van der Waals surface area contributed by atoms with Crippen LogP contribution in [-0.2, 0) is 19.7 Å². The summed E-state index contributed by atoms with van der Waals surface area (Å²) in [6, 6.07) is 10.2. The van der Waals surface area contributed by atoms with Crippen LogP contribution in [0.25, 0.3) is 0 Å². The van der Waals surface area contributed by atoms with Crippen LogP contribution in [0.15, 0.2) is 53.7 Å². The lowest BCUT2D eigenvalue weighted by atomic mass is 9.65. The second-order valence-electron chi connectivity index (χ2n) is 10.9. The first kappa shape index (κ1) is 27.2. The van der Waals surface area contributed by atoms with E-state index in [0.29, 0.717) is 17.8 Å². The third-order valence-corrected chi connectivity index (χ3v) is 8.63. The Balaban J connectivity index is 1.54. The van der Waals surface area contributed by atoms with Gasteiger partial charge in [-0.25, -0.2) is 9.78 Å². The van der Waals surface area contributed by atoms with Crippen LogP contribution in [0.3, 0.4) is 0 Å². The minimum atomic E-state index is -2.14. The lowest BCUT2D eigenvalue weighted by Crippen LogP contribution is -2.51. The zero-order valence-corrected chi connectivity index (χ0v) is 22.1. The highest BCUT2D eigenvalue weighted by Crippen LogP contribution is 2.59. The molecule has 0 bridgehead atoms. The number of aliphatic hydroxyl groups excluding tert-OH is 2. The van der Waals surface area contributed by atoms with Crippen molar-refractivity contribution in [1.82, 2.24) is 4.98 Å². The van der Waals surface area contributed by atoms with Gasteiger partial charge in [0.1, 0.15) is 12.4 Å². The molecule has 1 aromatic heterocycles. The molecular formula is C30H34N2O7. The van der Waals surface area contributed by atoms with Gasteiger partial charge in [-0.3, -0.25) is 9.59 Å². The number of allylic oxidation sites excluding steroid dienone is 1. The van der Waals surface area contributed by atoms with E-state index in [-0.39, 0.29) is 36.2 Å². The number of nitrogens with two attached hydrogens (primary N) is 1. The predicted octanol–water partition coefficient (Wildman–Crippen LogP) is 3.08. The van der Waals surface area contributed by atoms with Crippen molar-refractivity contribution in [1.29, 1.82) is 0 Å². The van der Waals surface area contributed by atoms with Gasteiger partial charge in [-0.05, 0) is 54.9 Å². The van der Waals surface area contributed by atoms with Crippen molar-refractivity contribution in [2.75, 3.05) is 25.6 Å².